The van der Waals surface area contributed by atoms with Crippen LogP contribution in [0.15, 0.2) is 41.2 Å². The summed E-state index contributed by atoms with van der Waals surface area (Å²) < 4.78 is 0. The van der Waals surface area contributed by atoms with Gasteiger partial charge >= 0.3 is 5.97 Å². The average Bonchev–Trinajstić information content (AvgIpc) is 2.63. The van der Waals surface area contributed by atoms with Crippen LogP contribution in [0.3, 0.4) is 0 Å². The van der Waals surface area contributed by atoms with Crippen LogP contribution >= 0.6 is 0 Å². The molecule has 1 aromatic heterocycles. The molecule has 3 N–H and O–H groups in total. The number of aliphatic carboxylic acids is 1. The number of nitrogens with zero attached hydrogens (tertiary/aromatic N) is 1. The van der Waals surface area contributed by atoms with Gasteiger partial charge in [-0.2, -0.15) is 0 Å². The highest BCUT2D eigenvalue weighted by molar-refractivity contribution is 6.16. The third-order valence-corrected chi connectivity index (χ3v) is 4.07. The minimum absolute atomic E-state index is 0.00878. The smallest absolute Gasteiger partial charge is 0.307 e. The second-order valence-electron chi connectivity index (χ2n) is 6.92. The first-order chi connectivity index (χ1) is 13.3. The molecule has 7 heteroatoms. The third-order valence-electron chi connectivity index (χ3n) is 4.07. The van der Waals surface area contributed by atoms with E-state index in [9.17, 15) is 14.4 Å². The van der Waals surface area contributed by atoms with Crippen LogP contribution in [0.5, 0.6) is 0 Å². The lowest BCUT2D eigenvalue weighted by Crippen LogP contribution is -2.19. The topological polar surface area (TPSA) is 108 Å². The van der Waals surface area contributed by atoms with E-state index in [1.165, 1.54) is 12.3 Å². The summed E-state index contributed by atoms with van der Waals surface area (Å²) in [5.74, 6) is -0.683. The number of carbonyl (C=O) groups excluding carboxylic acids is 2. The number of pyridine rings is 1. The Hall–Kier alpha value is -2.96. The molecule has 7 nitrogen and oxygen atoms in total. The van der Waals surface area contributed by atoms with Crippen LogP contribution in [0.4, 0.5) is 5.82 Å². The predicted octanol–water partition coefficient (Wildman–Crippen LogP) is 3.09. The van der Waals surface area contributed by atoms with Crippen LogP contribution in [0.25, 0.3) is 0 Å². The molecule has 1 rings (SSSR count). The summed E-state index contributed by atoms with van der Waals surface area (Å²) in [6.45, 7) is 9.01. The lowest BCUT2D eigenvalue weighted by Gasteiger charge is -2.13. The quantitative estimate of drug-likeness (QED) is 0.177. The van der Waals surface area contributed by atoms with Gasteiger partial charge in [0.05, 0.1) is 12.0 Å². The standard InChI is InChI=1S/C21H29N3O4/c1-5-18(22-9-8-14(2)3)15(4)10-17(13-25)21(28)24-19-7-6-16(12-23-19)11-20(26)27/h6-7,10,12-14,22H,5,8-9,11H2,1-4H3,(H,26,27)(H,23,24,28)/b17-10+,18-15-. The molecule has 1 aromatic rings. The summed E-state index contributed by atoms with van der Waals surface area (Å²) in [6, 6.07) is 3.08. The molecule has 152 valence electrons. The summed E-state index contributed by atoms with van der Waals surface area (Å²) in [7, 11) is 0. The summed E-state index contributed by atoms with van der Waals surface area (Å²) >= 11 is 0. The van der Waals surface area contributed by atoms with E-state index in [2.05, 4.69) is 29.5 Å². The first-order valence-corrected chi connectivity index (χ1v) is 9.35. The van der Waals surface area contributed by atoms with E-state index >= 15 is 0 Å². The van der Waals surface area contributed by atoms with Crippen LogP contribution in [0.1, 0.15) is 46.1 Å². The fraction of sp³-hybridized carbons (Fsp3) is 0.429. The number of anilines is 1. The van der Waals surface area contributed by atoms with Crippen molar-refractivity contribution < 1.29 is 19.5 Å². The number of hydrogen-bond acceptors (Lipinski definition) is 5. The van der Waals surface area contributed by atoms with Crippen LogP contribution in [-0.4, -0.2) is 34.8 Å². The van der Waals surface area contributed by atoms with Crippen molar-refractivity contribution in [3.8, 4) is 0 Å². The molecular formula is C21H29N3O4. The maximum atomic E-state index is 12.4. The molecule has 0 saturated heterocycles. The fourth-order valence-corrected chi connectivity index (χ4v) is 2.49. The zero-order valence-electron chi connectivity index (χ0n) is 16.9. The lowest BCUT2D eigenvalue weighted by molar-refractivity contribution is -0.136. The first-order valence-electron chi connectivity index (χ1n) is 9.35. The number of carboxylic acids is 1. The Bertz CT molecular complexity index is 749. The van der Waals surface area contributed by atoms with Gasteiger partial charge in [0.25, 0.3) is 5.91 Å². The Kier molecular flexibility index (Phi) is 9.64. The maximum Gasteiger partial charge on any atom is 0.307 e. The molecule has 0 aliphatic rings. The molecule has 0 aliphatic heterocycles. The summed E-state index contributed by atoms with van der Waals surface area (Å²) in [4.78, 5) is 38.5. The second-order valence-corrected chi connectivity index (χ2v) is 6.92. The summed E-state index contributed by atoms with van der Waals surface area (Å²) in [6.07, 6.45) is 5.11. The number of carboxylic acid groups (broad SMARTS) is 1. The third kappa shape index (κ3) is 8.16. The van der Waals surface area contributed by atoms with Crippen molar-refractivity contribution in [3.63, 3.8) is 0 Å². The molecule has 0 aliphatic carbocycles. The molecule has 0 spiro atoms. The summed E-state index contributed by atoms with van der Waals surface area (Å²) in [5, 5.41) is 14.7. The van der Waals surface area contributed by atoms with Crippen molar-refractivity contribution in [3.05, 3.63) is 46.8 Å². The Morgan fingerprint density at radius 2 is 2.00 bits per heavy atom. The van der Waals surface area contributed by atoms with Gasteiger partial charge in [0, 0.05) is 18.4 Å². The van der Waals surface area contributed by atoms with Crippen molar-refractivity contribution >= 4 is 24.0 Å². The zero-order chi connectivity index (χ0) is 21.1. The first kappa shape index (κ1) is 23.1. The van der Waals surface area contributed by atoms with Gasteiger partial charge in [0.1, 0.15) is 5.82 Å². The molecule has 0 unspecified atom stereocenters. The Balaban J connectivity index is 2.86. The van der Waals surface area contributed by atoms with Crippen molar-refractivity contribution in [2.45, 2.75) is 47.0 Å². The van der Waals surface area contributed by atoms with Crippen molar-refractivity contribution in [2.24, 2.45) is 5.92 Å². The zero-order valence-corrected chi connectivity index (χ0v) is 16.9. The van der Waals surface area contributed by atoms with E-state index in [0.29, 0.717) is 17.8 Å². The number of hydrogen-bond donors (Lipinski definition) is 3. The molecule has 1 amide bonds. The highest BCUT2D eigenvalue weighted by Gasteiger charge is 2.11. The van der Waals surface area contributed by atoms with Gasteiger partial charge < -0.3 is 15.7 Å². The predicted molar refractivity (Wildman–Crippen MR) is 109 cm³/mol. The van der Waals surface area contributed by atoms with Gasteiger partial charge in [-0.1, -0.05) is 26.8 Å². The molecule has 1 heterocycles. The van der Waals surface area contributed by atoms with Crippen LogP contribution in [0.2, 0.25) is 0 Å². The van der Waals surface area contributed by atoms with E-state index < -0.39 is 11.9 Å². The molecule has 0 bridgehead atoms. The number of nitrogens with one attached hydrogen (secondary N) is 2. The van der Waals surface area contributed by atoms with Gasteiger partial charge in [-0.15, -0.1) is 0 Å². The fourth-order valence-electron chi connectivity index (χ4n) is 2.49. The Labute approximate surface area is 165 Å². The molecule has 0 fully saturated rings. The van der Waals surface area contributed by atoms with Gasteiger partial charge in [0.15, 0.2) is 6.29 Å². The van der Waals surface area contributed by atoms with Gasteiger partial charge in [-0.25, -0.2) is 4.98 Å². The molecule has 0 saturated carbocycles. The number of allylic oxidation sites excluding steroid dienone is 3. The van der Waals surface area contributed by atoms with Crippen LogP contribution in [-0.2, 0) is 20.8 Å². The molecular weight excluding hydrogens is 358 g/mol. The lowest BCUT2D eigenvalue weighted by atomic mass is 10.1. The van der Waals surface area contributed by atoms with E-state index in [1.807, 2.05) is 13.8 Å². The highest BCUT2D eigenvalue weighted by Crippen LogP contribution is 2.12. The monoisotopic (exact) mass is 387 g/mol. The Morgan fingerprint density at radius 3 is 2.50 bits per heavy atom. The van der Waals surface area contributed by atoms with E-state index in [1.54, 1.807) is 12.1 Å². The minimum atomic E-state index is -0.958. The van der Waals surface area contributed by atoms with E-state index in [4.69, 9.17) is 5.11 Å². The van der Waals surface area contributed by atoms with Gasteiger partial charge in [-0.3, -0.25) is 14.4 Å². The molecule has 28 heavy (non-hydrogen) atoms. The number of rotatable bonds is 11. The SMILES string of the molecule is CC/C(NCCC(C)C)=C(C)/C=C(\C=O)C(=O)Nc1ccc(CC(=O)O)cn1. The normalized spacial score (nSPS) is 12.4. The molecule has 0 atom stereocenters. The number of aldehydes is 1. The van der Waals surface area contributed by atoms with Gasteiger partial charge in [0.2, 0.25) is 0 Å². The Morgan fingerprint density at radius 1 is 1.29 bits per heavy atom. The maximum absolute atomic E-state index is 12.4. The van der Waals surface area contributed by atoms with Gasteiger partial charge in [-0.05, 0) is 49.0 Å². The average molecular weight is 387 g/mol. The number of carbonyl (C=O) groups is 3. The minimum Gasteiger partial charge on any atom is -0.481 e. The van der Waals surface area contributed by atoms with Crippen molar-refractivity contribution in [1.82, 2.24) is 10.3 Å². The highest BCUT2D eigenvalue weighted by atomic mass is 16.4. The molecule has 0 aromatic carbocycles. The van der Waals surface area contributed by atoms with Crippen LogP contribution in [0, 0.1) is 5.92 Å². The van der Waals surface area contributed by atoms with Crippen molar-refractivity contribution in [1.29, 1.82) is 0 Å². The molecule has 0 radical (unpaired) electrons. The van der Waals surface area contributed by atoms with E-state index in [0.717, 1.165) is 30.7 Å². The van der Waals surface area contributed by atoms with Crippen LogP contribution < -0.4 is 10.6 Å². The summed E-state index contributed by atoms with van der Waals surface area (Å²) in [5.41, 5.74) is 2.33. The van der Waals surface area contributed by atoms with E-state index in [-0.39, 0.29) is 17.8 Å². The van der Waals surface area contributed by atoms with Crippen molar-refractivity contribution in [2.75, 3.05) is 11.9 Å². The number of amides is 1. The number of aromatic nitrogens is 1. The largest absolute Gasteiger partial charge is 0.481 e. The second kappa shape index (κ2) is 11.7.